The lowest BCUT2D eigenvalue weighted by molar-refractivity contribution is -0.0315. The predicted octanol–water partition coefficient (Wildman–Crippen LogP) is 5.50. The van der Waals surface area contributed by atoms with Gasteiger partial charge in [0.05, 0.1) is 5.70 Å². The highest BCUT2D eigenvalue weighted by Crippen LogP contribution is 2.37. The van der Waals surface area contributed by atoms with E-state index < -0.39 is 6.35 Å². The van der Waals surface area contributed by atoms with Crippen molar-refractivity contribution < 1.29 is 9.84 Å². The molecule has 1 unspecified atom stereocenters. The Balaban J connectivity index is 2.09. The quantitative estimate of drug-likeness (QED) is 0.482. The van der Waals surface area contributed by atoms with E-state index in [-0.39, 0.29) is 5.75 Å². The second-order valence-corrected chi connectivity index (χ2v) is 9.43. The van der Waals surface area contributed by atoms with Gasteiger partial charge in [-0.2, -0.15) is 0 Å². The van der Waals surface area contributed by atoms with E-state index >= 15 is 0 Å². The first-order valence-electron chi connectivity index (χ1n) is 11.3. The molecule has 0 aliphatic carbocycles. The van der Waals surface area contributed by atoms with Crippen molar-refractivity contribution in [3.05, 3.63) is 95.7 Å². The summed E-state index contributed by atoms with van der Waals surface area (Å²) < 4.78 is 6.45. The van der Waals surface area contributed by atoms with Crippen molar-refractivity contribution in [3.63, 3.8) is 0 Å². The zero-order chi connectivity index (χ0) is 25.0. The predicted molar refractivity (Wildman–Crippen MR) is 139 cm³/mol. The van der Waals surface area contributed by atoms with Gasteiger partial charge in [-0.05, 0) is 41.9 Å². The number of likely N-dealkylation sites (N-methyl/N-ethyl adjacent to an activating group) is 1. The van der Waals surface area contributed by atoms with Gasteiger partial charge >= 0.3 is 0 Å². The van der Waals surface area contributed by atoms with E-state index in [2.05, 4.69) is 48.8 Å². The van der Waals surface area contributed by atoms with Crippen molar-refractivity contribution in [2.24, 2.45) is 5.92 Å². The SMILES string of the molecule is C=CN(C)C1=C(C(=C)N(C)CC(C)C)N(Cc2ccc(Cl)cc2)C(Oc2cccc(O)c2)N1C. The summed E-state index contributed by atoms with van der Waals surface area (Å²) >= 11 is 6.14. The zero-order valence-corrected chi connectivity index (χ0v) is 21.5. The number of benzene rings is 2. The molecule has 1 atom stereocenters. The van der Waals surface area contributed by atoms with Crippen LogP contribution < -0.4 is 4.74 Å². The van der Waals surface area contributed by atoms with E-state index in [0.717, 1.165) is 29.3 Å². The first-order valence-corrected chi connectivity index (χ1v) is 11.7. The number of hydrogen-bond donors (Lipinski definition) is 1. The van der Waals surface area contributed by atoms with Crippen LogP contribution in [0.2, 0.25) is 5.02 Å². The topological polar surface area (TPSA) is 42.4 Å². The fourth-order valence-electron chi connectivity index (χ4n) is 4.12. The third-order valence-electron chi connectivity index (χ3n) is 5.74. The molecule has 34 heavy (non-hydrogen) atoms. The summed E-state index contributed by atoms with van der Waals surface area (Å²) in [6.45, 7) is 14.3. The van der Waals surface area contributed by atoms with Gasteiger partial charge in [0.25, 0.3) is 6.35 Å². The van der Waals surface area contributed by atoms with Crippen molar-refractivity contribution in [1.82, 2.24) is 19.6 Å². The normalized spacial score (nSPS) is 15.7. The third kappa shape index (κ3) is 5.62. The number of halogens is 1. The van der Waals surface area contributed by atoms with Gasteiger partial charge in [-0.15, -0.1) is 0 Å². The Morgan fingerprint density at radius 3 is 2.47 bits per heavy atom. The van der Waals surface area contributed by atoms with Crippen LogP contribution in [0.4, 0.5) is 0 Å². The fraction of sp³-hybridized carbons (Fsp3) is 0.333. The van der Waals surface area contributed by atoms with Gasteiger partial charge in [-0.25, -0.2) is 0 Å². The highest BCUT2D eigenvalue weighted by atomic mass is 35.5. The summed E-state index contributed by atoms with van der Waals surface area (Å²) in [4.78, 5) is 8.40. The molecule has 0 aromatic heterocycles. The lowest BCUT2D eigenvalue weighted by Crippen LogP contribution is -2.44. The highest BCUT2D eigenvalue weighted by molar-refractivity contribution is 6.30. The summed E-state index contributed by atoms with van der Waals surface area (Å²) in [5, 5.41) is 10.7. The van der Waals surface area contributed by atoms with E-state index in [9.17, 15) is 5.11 Å². The number of ether oxygens (including phenoxy) is 1. The lowest BCUT2D eigenvalue weighted by Gasteiger charge is -2.34. The fourth-order valence-corrected chi connectivity index (χ4v) is 4.25. The number of nitrogens with zero attached hydrogens (tertiary/aromatic N) is 4. The summed E-state index contributed by atoms with van der Waals surface area (Å²) in [7, 11) is 6.01. The molecule has 0 fully saturated rings. The minimum absolute atomic E-state index is 0.153. The Morgan fingerprint density at radius 2 is 1.88 bits per heavy atom. The van der Waals surface area contributed by atoms with Crippen LogP contribution in [-0.4, -0.2) is 58.7 Å². The second kappa shape index (κ2) is 10.8. The molecule has 0 spiro atoms. The average Bonchev–Trinajstić information content (AvgIpc) is 3.05. The molecule has 1 N–H and O–H groups in total. The molecule has 182 valence electrons. The van der Waals surface area contributed by atoms with Crippen LogP contribution in [0.5, 0.6) is 11.5 Å². The molecule has 0 bridgehead atoms. The largest absolute Gasteiger partial charge is 0.508 e. The van der Waals surface area contributed by atoms with E-state index in [1.165, 1.54) is 0 Å². The summed E-state index contributed by atoms with van der Waals surface area (Å²) in [6, 6.07) is 14.7. The van der Waals surface area contributed by atoms with Crippen molar-refractivity contribution in [1.29, 1.82) is 0 Å². The lowest BCUT2D eigenvalue weighted by atomic mass is 10.1. The molecule has 3 rings (SSSR count). The number of phenolic OH excluding ortho intramolecular Hbond substituents is 1. The Hall–Kier alpha value is -3.25. The molecule has 0 amide bonds. The summed E-state index contributed by atoms with van der Waals surface area (Å²) in [5.41, 5.74) is 2.93. The summed E-state index contributed by atoms with van der Waals surface area (Å²) in [6.07, 6.45) is 1.30. The monoisotopic (exact) mass is 482 g/mol. The molecular formula is C27H35ClN4O2. The third-order valence-corrected chi connectivity index (χ3v) is 5.99. The molecule has 7 heteroatoms. The molecule has 0 saturated carbocycles. The number of rotatable bonds is 10. The van der Waals surface area contributed by atoms with Crippen molar-refractivity contribution in [2.75, 3.05) is 27.7 Å². The van der Waals surface area contributed by atoms with Gasteiger partial charge in [0.15, 0.2) is 0 Å². The minimum atomic E-state index is -0.478. The Labute approximate surface area is 208 Å². The number of phenols is 1. The van der Waals surface area contributed by atoms with E-state index in [1.54, 1.807) is 24.4 Å². The molecule has 2 aromatic rings. The van der Waals surface area contributed by atoms with Crippen LogP contribution in [0.1, 0.15) is 19.4 Å². The van der Waals surface area contributed by atoms with Crippen LogP contribution in [0.15, 0.2) is 85.1 Å². The minimum Gasteiger partial charge on any atom is -0.508 e. The smallest absolute Gasteiger partial charge is 0.254 e. The Kier molecular flexibility index (Phi) is 8.05. The van der Waals surface area contributed by atoms with Gasteiger partial charge in [0.2, 0.25) is 0 Å². The van der Waals surface area contributed by atoms with E-state index in [4.69, 9.17) is 16.3 Å². The molecule has 6 nitrogen and oxygen atoms in total. The molecule has 0 radical (unpaired) electrons. The first-order chi connectivity index (χ1) is 16.1. The first kappa shape index (κ1) is 25.4. The average molecular weight is 483 g/mol. The van der Waals surface area contributed by atoms with Gasteiger partial charge in [0.1, 0.15) is 23.0 Å². The molecule has 1 aliphatic rings. The Morgan fingerprint density at radius 1 is 1.21 bits per heavy atom. The second-order valence-electron chi connectivity index (χ2n) is 8.99. The van der Waals surface area contributed by atoms with Crippen molar-refractivity contribution >= 4 is 11.6 Å². The van der Waals surface area contributed by atoms with Crippen LogP contribution in [-0.2, 0) is 6.54 Å². The van der Waals surface area contributed by atoms with Crippen LogP contribution in [0, 0.1) is 5.92 Å². The zero-order valence-electron chi connectivity index (χ0n) is 20.7. The summed E-state index contributed by atoms with van der Waals surface area (Å²) in [5.74, 6) is 2.13. The van der Waals surface area contributed by atoms with Crippen LogP contribution in [0.25, 0.3) is 0 Å². The van der Waals surface area contributed by atoms with Gasteiger partial charge < -0.3 is 29.4 Å². The molecule has 1 aliphatic heterocycles. The number of aromatic hydroxyl groups is 1. The van der Waals surface area contributed by atoms with Crippen molar-refractivity contribution in [3.8, 4) is 11.5 Å². The van der Waals surface area contributed by atoms with E-state index in [1.807, 2.05) is 49.3 Å². The standard InChI is InChI=1S/C27H35ClN4O2/c1-8-29(5)26-25(20(4)30(6)17-19(2)3)32(18-21-12-14-22(28)15-13-21)27(31(26)7)34-24-11-9-10-23(33)16-24/h8-16,19,27,33H,1,4,17-18H2,2-3,5-7H3. The van der Waals surface area contributed by atoms with E-state index in [0.29, 0.717) is 23.2 Å². The maximum absolute atomic E-state index is 9.98. The molecule has 1 heterocycles. The molecule has 0 saturated heterocycles. The Bertz CT molecular complexity index is 1050. The molecule has 2 aromatic carbocycles. The van der Waals surface area contributed by atoms with Gasteiger partial charge in [-0.1, -0.05) is 56.8 Å². The van der Waals surface area contributed by atoms with Crippen LogP contribution in [0.3, 0.4) is 0 Å². The van der Waals surface area contributed by atoms with Gasteiger partial charge in [-0.3, -0.25) is 0 Å². The van der Waals surface area contributed by atoms with Crippen LogP contribution >= 0.6 is 11.6 Å². The maximum atomic E-state index is 9.98. The molecular weight excluding hydrogens is 448 g/mol. The van der Waals surface area contributed by atoms with Crippen molar-refractivity contribution in [2.45, 2.75) is 26.7 Å². The maximum Gasteiger partial charge on any atom is 0.254 e. The highest BCUT2D eigenvalue weighted by Gasteiger charge is 2.41. The number of hydrogen-bond acceptors (Lipinski definition) is 6. The van der Waals surface area contributed by atoms with Gasteiger partial charge in [0, 0.05) is 45.3 Å².